The van der Waals surface area contributed by atoms with E-state index in [1.54, 1.807) is 0 Å². The molecule has 0 aliphatic heterocycles. The zero-order chi connectivity index (χ0) is 13.7. The van der Waals surface area contributed by atoms with Gasteiger partial charge in [0.2, 0.25) is 0 Å². The number of ether oxygens (including phenoxy) is 1. The Morgan fingerprint density at radius 1 is 1.16 bits per heavy atom. The van der Waals surface area contributed by atoms with Crippen molar-refractivity contribution in [3.63, 3.8) is 0 Å². The highest BCUT2D eigenvalue weighted by Gasteiger charge is 2.04. The zero-order valence-electron chi connectivity index (χ0n) is 11.7. The van der Waals surface area contributed by atoms with Gasteiger partial charge in [-0.1, -0.05) is 12.1 Å². The molecule has 2 rings (SSSR count). The fourth-order valence-corrected chi connectivity index (χ4v) is 1.95. The maximum absolute atomic E-state index is 5.68. The van der Waals surface area contributed by atoms with Gasteiger partial charge >= 0.3 is 0 Å². The summed E-state index contributed by atoms with van der Waals surface area (Å²) in [6, 6.07) is 10.3. The van der Waals surface area contributed by atoms with Crippen molar-refractivity contribution in [1.82, 2.24) is 4.98 Å². The van der Waals surface area contributed by atoms with Crippen molar-refractivity contribution in [3.05, 3.63) is 53.3 Å². The van der Waals surface area contributed by atoms with E-state index in [2.05, 4.69) is 35.4 Å². The number of anilines is 1. The second-order valence-corrected chi connectivity index (χ2v) is 4.58. The normalized spacial score (nSPS) is 10.3. The lowest BCUT2D eigenvalue weighted by atomic mass is 10.1. The average Bonchev–Trinajstić information content (AvgIpc) is 2.38. The summed E-state index contributed by atoms with van der Waals surface area (Å²) in [7, 11) is 0. The number of hydrogen-bond acceptors (Lipinski definition) is 3. The van der Waals surface area contributed by atoms with Gasteiger partial charge in [-0.05, 0) is 44.5 Å². The van der Waals surface area contributed by atoms with Crippen LogP contribution in [0.25, 0.3) is 0 Å². The van der Waals surface area contributed by atoms with Gasteiger partial charge in [-0.25, -0.2) is 0 Å². The Kier molecular flexibility index (Phi) is 4.39. The summed E-state index contributed by atoms with van der Waals surface area (Å²) >= 11 is 0. The van der Waals surface area contributed by atoms with E-state index >= 15 is 0 Å². The van der Waals surface area contributed by atoms with Crippen molar-refractivity contribution in [3.8, 4) is 5.75 Å². The standard InChI is InChI=1S/C16H20N2O/c1-4-19-16-9-12(2)5-6-14(16)11-18-15-7-8-17-13(3)10-15/h5-10H,4,11H2,1-3H3,(H,17,18). The number of aryl methyl sites for hydroxylation is 2. The van der Waals surface area contributed by atoms with Crippen LogP contribution in [0.15, 0.2) is 36.5 Å². The van der Waals surface area contributed by atoms with E-state index in [9.17, 15) is 0 Å². The molecule has 100 valence electrons. The summed E-state index contributed by atoms with van der Waals surface area (Å²) in [5, 5.41) is 3.40. The minimum Gasteiger partial charge on any atom is -0.494 e. The second kappa shape index (κ2) is 6.23. The molecule has 2 aromatic rings. The van der Waals surface area contributed by atoms with Gasteiger partial charge in [-0.3, -0.25) is 4.98 Å². The highest BCUT2D eigenvalue weighted by molar-refractivity contribution is 5.46. The van der Waals surface area contributed by atoms with Gasteiger partial charge in [0.1, 0.15) is 5.75 Å². The van der Waals surface area contributed by atoms with E-state index in [-0.39, 0.29) is 0 Å². The number of benzene rings is 1. The van der Waals surface area contributed by atoms with Crippen LogP contribution in [0.4, 0.5) is 5.69 Å². The maximum atomic E-state index is 5.68. The van der Waals surface area contributed by atoms with E-state index in [0.29, 0.717) is 6.61 Å². The van der Waals surface area contributed by atoms with Gasteiger partial charge in [-0.15, -0.1) is 0 Å². The monoisotopic (exact) mass is 256 g/mol. The van der Waals surface area contributed by atoms with Crippen LogP contribution >= 0.6 is 0 Å². The summed E-state index contributed by atoms with van der Waals surface area (Å²) in [4.78, 5) is 4.19. The number of nitrogens with one attached hydrogen (secondary N) is 1. The van der Waals surface area contributed by atoms with Gasteiger partial charge in [-0.2, -0.15) is 0 Å². The Balaban J connectivity index is 2.10. The lowest BCUT2D eigenvalue weighted by molar-refractivity contribution is 0.336. The smallest absolute Gasteiger partial charge is 0.124 e. The quantitative estimate of drug-likeness (QED) is 0.885. The Hall–Kier alpha value is -2.03. The fourth-order valence-electron chi connectivity index (χ4n) is 1.95. The van der Waals surface area contributed by atoms with Crippen LogP contribution in [0.5, 0.6) is 5.75 Å². The van der Waals surface area contributed by atoms with Crippen molar-refractivity contribution >= 4 is 5.69 Å². The Morgan fingerprint density at radius 2 is 2.00 bits per heavy atom. The Bertz CT molecular complexity index is 552. The number of aromatic nitrogens is 1. The number of pyridine rings is 1. The largest absolute Gasteiger partial charge is 0.494 e. The number of rotatable bonds is 5. The molecule has 0 fully saturated rings. The van der Waals surface area contributed by atoms with Crippen molar-refractivity contribution in [2.45, 2.75) is 27.3 Å². The molecule has 0 unspecified atom stereocenters. The molecule has 0 atom stereocenters. The minimum atomic E-state index is 0.685. The lowest BCUT2D eigenvalue weighted by Gasteiger charge is -2.13. The first-order valence-electron chi connectivity index (χ1n) is 6.58. The van der Waals surface area contributed by atoms with E-state index in [4.69, 9.17) is 4.74 Å². The van der Waals surface area contributed by atoms with Crippen molar-refractivity contribution in [2.75, 3.05) is 11.9 Å². The van der Waals surface area contributed by atoms with Gasteiger partial charge in [0, 0.05) is 29.7 Å². The van der Waals surface area contributed by atoms with Crippen LogP contribution < -0.4 is 10.1 Å². The second-order valence-electron chi connectivity index (χ2n) is 4.58. The summed E-state index contributed by atoms with van der Waals surface area (Å²) in [6.45, 7) is 7.50. The van der Waals surface area contributed by atoms with E-state index in [0.717, 1.165) is 23.7 Å². The molecule has 1 aromatic heterocycles. The molecule has 0 spiro atoms. The van der Waals surface area contributed by atoms with Crippen molar-refractivity contribution < 1.29 is 4.74 Å². The number of hydrogen-bond donors (Lipinski definition) is 1. The molecule has 3 heteroatoms. The first kappa shape index (κ1) is 13.4. The molecule has 0 amide bonds. The molecular weight excluding hydrogens is 236 g/mol. The third-order valence-electron chi connectivity index (χ3n) is 2.90. The molecule has 0 saturated heterocycles. The summed E-state index contributed by atoms with van der Waals surface area (Å²) < 4.78 is 5.68. The maximum Gasteiger partial charge on any atom is 0.124 e. The highest BCUT2D eigenvalue weighted by Crippen LogP contribution is 2.21. The first-order valence-corrected chi connectivity index (χ1v) is 6.58. The van der Waals surface area contributed by atoms with Crippen LogP contribution in [-0.2, 0) is 6.54 Å². The van der Waals surface area contributed by atoms with E-state index < -0.39 is 0 Å². The highest BCUT2D eigenvalue weighted by atomic mass is 16.5. The lowest BCUT2D eigenvalue weighted by Crippen LogP contribution is -2.04. The zero-order valence-corrected chi connectivity index (χ0v) is 11.7. The van der Waals surface area contributed by atoms with E-state index in [1.807, 2.05) is 32.2 Å². The molecule has 19 heavy (non-hydrogen) atoms. The minimum absolute atomic E-state index is 0.685. The van der Waals surface area contributed by atoms with Gasteiger partial charge < -0.3 is 10.1 Å². The third kappa shape index (κ3) is 3.71. The van der Waals surface area contributed by atoms with Gasteiger partial charge in [0.25, 0.3) is 0 Å². The molecule has 1 heterocycles. The molecule has 0 aliphatic carbocycles. The van der Waals surface area contributed by atoms with Crippen LogP contribution in [0.1, 0.15) is 23.7 Å². The predicted molar refractivity (Wildman–Crippen MR) is 78.6 cm³/mol. The SMILES string of the molecule is CCOc1cc(C)ccc1CNc1ccnc(C)c1. The van der Waals surface area contributed by atoms with Crippen LogP contribution in [0.2, 0.25) is 0 Å². The first-order chi connectivity index (χ1) is 9.19. The van der Waals surface area contributed by atoms with Gasteiger partial charge in [0.15, 0.2) is 0 Å². The van der Waals surface area contributed by atoms with Crippen LogP contribution in [-0.4, -0.2) is 11.6 Å². The summed E-state index contributed by atoms with van der Waals surface area (Å²) in [6.07, 6.45) is 1.82. The average molecular weight is 256 g/mol. The molecule has 1 aromatic carbocycles. The van der Waals surface area contributed by atoms with Crippen LogP contribution in [0.3, 0.4) is 0 Å². The molecule has 0 radical (unpaired) electrons. The topological polar surface area (TPSA) is 34.1 Å². The molecule has 0 bridgehead atoms. The molecule has 3 nitrogen and oxygen atoms in total. The Morgan fingerprint density at radius 3 is 2.74 bits per heavy atom. The summed E-state index contributed by atoms with van der Waals surface area (Å²) in [5.74, 6) is 0.959. The third-order valence-corrected chi connectivity index (χ3v) is 2.90. The van der Waals surface area contributed by atoms with Gasteiger partial charge in [0.05, 0.1) is 6.61 Å². The Labute approximate surface area is 114 Å². The fraction of sp³-hybridized carbons (Fsp3) is 0.312. The molecule has 0 saturated carbocycles. The predicted octanol–water partition coefficient (Wildman–Crippen LogP) is 3.71. The van der Waals surface area contributed by atoms with Crippen LogP contribution in [0, 0.1) is 13.8 Å². The summed E-state index contributed by atoms with van der Waals surface area (Å²) in [5.41, 5.74) is 4.48. The van der Waals surface area contributed by atoms with Crippen molar-refractivity contribution in [2.24, 2.45) is 0 Å². The molecule has 0 aliphatic rings. The number of nitrogens with zero attached hydrogens (tertiary/aromatic N) is 1. The van der Waals surface area contributed by atoms with E-state index in [1.165, 1.54) is 11.1 Å². The van der Waals surface area contributed by atoms with Crippen molar-refractivity contribution in [1.29, 1.82) is 0 Å². The molecule has 1 N–H and O–H groups in total. The molecular formula is C16H20N2O.